The lowest BCUT2D eigenvalue weighted by molar-refractivity contribution is 0.335. The van der Waals surface area contributed by atoms with E-state index in [2.05, 4.69) is 22.4 Å². The standard InChI is InChI=1S/C13H23N3O/c1-2-14-10-12-15-13(17-16-12)9-11-7-5-3-4-6-8-11/h11,14H,2-10H2,1H3. The van der Waals surface area contributed by atoms with Crippen molar-refractivity contribution >= 4 is 0 Å². The van der Waals surface area contributed by atoms with Gasteiger partial charge in [0.1, 0.15) is 0 Å². The lowest BCUT2D eigenvalue weighted by Gasteiger charge is -2.09. The van der Waals surface area contributed by atoms with Gasteiger partial charge in [-0.1, -0.05) is 37.8 Å². The van der Waals surface area contributed by atoms with Crippen molar-refractivity contribution in [3.8, 4) is 0 Å². The molecule has 1 aromatic rings. The molecule has 0 saturated heterocycles. The van der Waals surface area contributed by atoms with Crippen molar-refractivity contribution in [2.24, 2.45) is 5.92 Å². The van der Waals surface area contributed by atoms with Gasteiger partial charge in [-0.2, -0.15) is 4.98 Å². The third kappa shape index (κ3) is 4.11. The molecule has 1 fully saturated rings. The van der Waals surface area contributed by atoms with Gasteiger partial charge in [0.2, 0.25) is 5.89 Å². The Kier molecular flexibility index (Phi) is 4.98. The zero-order valence-electron chi connectivity index (χ0n) is 10.7. The minimum atomic E-state index is 0.713. The third-order valence-corrected chi connectivity index (χ3v) is 3.48. The van der Waals surface area contributed by atoms with Gasteiger partial charge in [0.05, 0.1) is 6.54 Å². The summed E-state index contributed by atoms with van der Waals surface area (Å²) >= 11 is 0. The second kappa shape index (κ2) is 6.74. The van der Waals surface area contributed by atoms with Crippen LogP contribution in [-0.4, -0.2) is 16.7 Å². The topological polar surface area (TPSA) is 51.0 Å². The second-order valence-corrected chi connectivity index (χ2v) is 4.95. The Balaban J connectivity index is 1.82. The average Bonchev–Trinajstić information content (AvgIpc) is 2.61. The highest BCUT2D eigenvalue weighted by atomic mass is 16.5. The van der Waals surface area contributed by atoms with Crippen LogP contribution in [0.4, 0.5) is 0 Å². The molecule has 1 N–H and O–H groups in total. The maximum absolute atomic E-state index is 5.30. The van der Waals surface area contributed by atoms with Crippen molar-refractivity contribution in [2.75, 3.05) is 6.54 Å². The van der Waals surface area contributed by atoms with Crippen LogP contribution in [0.25, 0.3) is 0 Å². The lowest BCUT2D eigenvalue weighted by atomic mass is 9.97. The van der Waals surface area contributed by atoms with Crippen LogP contribution in [-0.2, 0) is 13.0 Å². The van der Waals surface area contributed by atoms with E-state index >= 15 is 0 Å². The van der Waals surface area contributed by atoms with Crippen molar-refractivity contribution in [2.45, 2.75) is 58.4 Å². The van der Waals surface area contributed by atoms with Crippen LogP contribution in [0, 0.1) is 5.92 Å². The third-order valence-electron chi connectivity index (χ3n) is 3.48. The molecule has 0 amide bonds. The summed E-state index contributed by atoms with van der Waals surface area (Å²) in [5.41, 5.74) is 0. The molecule has 0 radical (unpaired) electrons. The van der Waals surface area contributed by atoms with E-state index in [0.29, 0.717) is 6.54 Å². The van der Waals surface area contributed by atoms with Crippen molar-refractivity contribution in [3.63, 3.8) is 0 Å². The van der Waals surface area contributed by atoms with Crippen molar-refractivity contribution in [1.82, 2.24) is 15.5 Å². The molecule has 1 saturated carbocycles. The van der Waals surface area contributed by atoms with Crippen molar-refractivity contribution in [3.05, 3.63) is 11.7 Å². The van der Waals surface area contributed by atoms with Gasteiger partial charge in [0, 0.05) is 6.42 Å². The Morgan fingerprint density at radius 3 is 2.71 bits per heavy atom. The summed E-state index contributed by atoms with van der Waals surface area (Å²) in [6, 6.07) is 0. The van der Waals surface area contributed by atoms with E-state index in [4.69, 9.17) is 4.52 Å². The summed E-state index contributed by atoms with van der Waals surface area (Å²) < 4.78 is 5.30. The molecule has 0 aromatic carbocycles. The van der Waals surface area contributed by atoms with Gasteiger partial charge in [0.25, 0.3) is 0 Å². The van der Waals surface area contributed by atoms with Crippen LogP contribution in [0.5, 0.6) is 0 Å². The molecule has 0 bridgehead atoms. The molecule has 96 valence electrons. The molecular formula is C13H23N3O. The zero-order chi connectivity index (χ0) is 11.9. The maximum Gasteiger partial charge on any atom is 0.226 e. The molecule has 1 heterocycles. The van der Waals surface area contributed by atoms with E-state index in [9.17, 15) is 0 Å². The quantitative estimate of drug-likeness (QED) is 0.800. The Labute approximate surface area is 103 Å². The van der Waals surface area contributed by atoms with Crippen LogP contribution in [0.2, 0.25) is 0 Å². The molecule has 1 aliphatic carbocycles. The molecular weight excluding hydrogens is 214 g/mol. The molecule has 4 heteroatoms. The predicted octanol–water partition coefficient (Wildman–Crippen LogP) is 2.69. The van der Waals surface area contributed by atoms with E-state index in [0.717, 1.165) is 30.6 Å². The molecule has 0 spiro atoms. The highest BCUT2D eigenvalue weighted by Gasteiger charge is 2.16. The molecule has 0 aliphatic heterocycles. The van der Waals surface area contributed by atoms with Gasteiger partial charge in [-0.3, -0.25) is 0 Å². The van der Waals surface area contributed by atoms with Crippen molar-refractivity contribution in [1.29, 1.82) is 0 Å². The number of hydrogen-bond donors (Lipinski definition) is 1. The fourth-order valence-electron chi connectivity index (χ4n) is 2.50. The van der Waals surface area contributed by atoms with Gasteiger partial charge in [-0.05, 0) is 25.3 Å². The lowest BCUT2D eigenvalue weighted by Crippen LogP contribution is -2.13. The van der Waals surface area contributed by atoms with Crippen LogP contribution < -0.4 is 5.32 Å². The van der Waals surface area contributed by atoms with E-state index < -0.39 is 0 Å². The molecule has 0 unspecified atom stereocenters. The van der Waals surface area contributed by atoms with Gasteiger partial charge < -0.3 is 9.84 Å². The molecule has 1 aliphatic rings. The summed E-state index contributed by atoms with van der Waals surface area (Å²) in [5, 5.41) is 7.20. The normalized spacial score (nSPS) is 18.2. The predicted molar refractivity (Wildman–Crippen MR) is 66.6 cm³/mol. The number of rotatable bonds is 5. The van der Waals surface area contributed by atoms with Gasteiger partial charge in [0.15, 0.2) is 5.82 Å². The summed E-state index contributed by atoms with van der Waals surface area (Å²) in [6.45, 7) is 3.73. The van der Waals surface area contributed by atoms with Crippen LogP contribution in [0.15, 0.2) is 4.52 Å². The zero-order valence-corrected chi connectivity index (χ0v) is 10.7. The van der Waals surface area contributed by atoms with Crippen molar-refractivity contribution < 1.29 is 4.52 Å². The summed E-state index contributed by atoms with van der Waals surface area (Å²) in [7, 11) is 0. The fourth-order valence-corrected chi connectivity index (χ4v) is 2.50. The minimum absolute atomic E-state index is 0.713. The first kappa shape index (κ1) is 12.6. The first-order valence-electron chi connectivity index (χ1n) is 6.90. The first-order chi connectivity index (χ1) is 8.38. The Hall–Kier alpha value is -0.900. The summed E-state index contributed by atoms with van der Waals surface area (Å²) in [4.78, 5) is 4.43. The summed E-state index contributed by atoms with van der Waals surface area (Å²) in [5.74, 6) is 2.37. The number of hydrogen-bond acceptors (Lipinski definition) is 4. The highest BCUT2D eigenvalue weighted by Crippen LogP contribution is 2.25. The van der Waals surface area contributed by atoms with Crippen LogP contribution in [0.3, 0.4) is 0 Å². The van der Waals surface area contributed by atoms with E-state index in [1.807, 2.05) is 0 Å². The van der Waals surface area contributed by atoms with E-state index in [1.165, 1.54) is 38.5 Å². The molecule has 1 aromatic heterocycles. The monoisotopic (exact) mass is 237 g/mol. The average molecular weight is 237 g/mol. The molecule has 2 rings (SSSR count). The Morgan fingerprint density at radius 1 is 1.24 bits per heavy atom. The van der Waals surface area contributed by atoms with Gasteiger partial charge in [-0.15, -0.1) is 0 Å². The van der Waals surface area contributed by atoms with Gasteiger partial charge >= 0.3 is 0 Å². The Morgan fingerprint density at radius 2 is 2.00 bits per heavy atom. The SMILES string of the molecule is CCNCc1noc(CC2CCCCCC2)n1. The van der Waals surface area contributed by atoms with Gasteiger partial charge in [-0.25, -0.2) is 0 Å². The van der Waals surface area contributed by atoms with Crippen LogP contribution in [0.1, 0.15) is 57.2 Å². The Bertz CT molecular complexity index is 316. The first-order valence-corrected chi connectivity index (χ1v) is 6.90. The molecule has 4 nitrogen and oxygen atoms in total. The minimum Gasteiger partial charge on any atom is -0.339 e. The second-order valence-electron chi connectivity index (χ2n) is 4.95. The fraction of sp³-hybridized carbons (Fsp3) is 0.846. The van der Waals surface area contributed by atoms with E-state index in [1.54, 1.807) is 0 Å². The number of nitrogens with zero attached hydrogens (tertiary/aromatic N) is 2. The summed E-state index contributed by atoms with van der Waals surface area (Å²) in [6.07, 6.45) is 9.14. The smallest absolute Gasteiger partial charge is 0.226 e. The molecule has 17 heavy (non-hydrogen) atoms. The highest BCUT2D eigenvalue weighted by molar-refractivity contribution is 4.88. The number of aromatic nitrogens is 2. The number of nitrogens with one attached hydrogen (secondary N) is 1. The maximum atomic E-state index is 5.30. The van der Waals surface area contributed by atoms with Crippen LogP contribution >= 0.6 is 0 Å². The van der Waals surface area contributed by atoms with E-state index in [-0.39, 0.29) is 0 Å². The molecule has 0 atom stereocenters. The largest absolute Gasteiger partial charge is 0.339 e.